The second-order valence-corrected chi connectivity index (χ2v) is 6.42. The van der Waals surface area contributed by atoms with E-state index in [1.165, 1.54) is 0 Å². The summed E-state index contributed by atoms with van der Waals surface area (Å²) in [6.45, 7) is 3.61. The number of hydrogen-bond acceptors (Lipinski definition) is 2. The lowest BCUT2D eigenvalue weighted by Crippen LogP contribution is -2.57. The molecule has 19 heavy (non-hydrogen) atoms. The number of piperidine rings is 1. The summed E-state index contributed by atoms with van der Waals surface area (Å²) in [5.41, 5.74) is 0.753. The maximum atomic E-state index is 12.6. The molecule has 2 rings (SSSR count). The second kappa shape index (κ2) is 6.06. The van der Waals surface area contributed by atoms with E-state index in [-0.39, 0.29) is 11.4 Å². The first-order chi connectivity index (χ1) is 9.01. The first-order valence-electron chi connectivity index (χ1n) is 6.76. The molecule has 1 N–H and O–H groups in total. The smallest absolute Gasteiger partial charge is 0.242 e. The van der Waals surface area contributed by atoms with Crippen LogP contribution in [0.5, 0.6) is 0 Å². The Kier molecular flexibility index (Phi) is 4.63. The Morgan fingerprint density at radius 3 is 2.89 bits per heavy atom. The van der Waals surface area contributed by atoms with Gasteiger partial charge in [-0.1, -0.05) is 28.1 Å². The molecule has 4 heteroatoms. The highest BCUT2D eigenvalue weighted by Gasteiger charge is 2.36. The number of amides is 1. The Bertz CT molecular complexity index is 455. The molecule has 0 bridgehead atoms. The van der Waals surface area contributed by atoms with E-state index in [0.717, 1.165) is 35.8 Å². The van der Waals surface area contributed by atoms with Crippen LogP contribution in [0.25, 0.3) is 0 Å². The molecule has 0 spiro atoms. The van der Waals surface area contributed by atoms with E-state index in [4.69, 9.17) is 0 Å². The molecular weight excluding hydrogens is 304 g/mol. The third kappa shape index (κ3) is 3.57. The Balaban J connectivity index is 2.03. The first-order valence-corrected chi connectivity index (χ1v) is 7.56. The van der Waals surface area contributed by atoms with Crippen LogP contribution in [-0.4, -0.2) is 29.9 Å². The fraction of sp³-hybridized carbons (Fsp3) is 0.533. The van der Waals surface area contributed by atoms with E-state index in [9.17, 15) is 4.79 Å². The molecule has 0 saturated carbocycles. The Morgan fingerprint density at radius 2 is 2.26 bits per heavy atom. The van der Waals surface area contributed by atoms with Crippen LogP contribution in [0, 0.1) is 0 Å². The maximum Gasteiger partial charge on any atom is 0.242 e. The monoisotopic (exact) mass is 324 g/mol. The third-order valence-electron chi connectivity index (χ3n) is 3.75. The summed E-state index contributed by atoms with van der Waals surface area (Å²) in [5.74, 6) is 0.187. The molecule has 0 aliphatic carbocycles. The molecular formula is C15H21BrN2O. The van der Waals surface area contributed by atoms with Gasteiger partial charge in [0, 0.05) is 18.1 Å². The highest BCUT2D eigenvalue weighted by Crippen LogP contribution is 2.22. The van der Waals surface area contributed by atoms with Gasteiger partial charge in [0.15, 0.2) is 0 Å². The molecule has 1 saturated heterocycles. The zero-order valence-electron chi connectivity index (χ0n) is 11.6. The molecule has 3 nitrogen and oxygen atoms in total. The molecule has 1 aliphatic heterocycles. The summed E-state index contributed by atoms with van der Waals surface area (Å²) in [6, 6.07) is 8.10. The molecule has 0 aromatic heterocycles. The minimum Gasteiger partial charge on any atom is -0.340 e. The molecule has 1 unspecified atom stereocenters. The molecule has 1 fully saturated rings. The van der Waals surface area contributed by atoms with E-state index in [1.54, 1.807) is 0 Å². The Labute approximate surface area is 123 Å². The van der Waals surface area contributed by atoms with Gasteiger partial charge in [-0.05, 0) is 50.4 Å². The van der Waals surface area contributed by atoms with Crippen LogP contribution in [0.15, 0.2) is 28.7 Å². The average Bonchev–Trinajstić information content (AvgIpc) is 2.38. The van der Waals surface area contributed by atoms with E-state index in [1.807, 2.05) is 37.1 Å². The zero-order chi connectivity index (χ0) is 13.9. The SMILES string of the molecule is CN(Cc1cccc(Br)c1)C(=O)C1(C)CCCCN1. The standard InChI is InChI=1S/C15H21BrN2O/c1-15(8-3-4-9-17-15)14(19)18(2)11-12-6-5-7-13(16)10-12/h5-7,10,17H,3-4,8-9,11H2,1-2H3. The summed E-state index contributed by atoms with van der Waals surface area (Å²) in [4.78, 5) is 14.4. The maximum absolute atomic E-state index is 12.6. The number of rotatable bonds is 3. The number of likely N-dealkylation sites (N-methyl/N-ethyl adjacent to an activating group) is 1. The molecule has 1 aromatic carbocycles. The lowest BCUT2D eigenvalue weighted by molar-refractivity contribution is -0.137. The zero-order valence-corrected chi connectivity index (χ0v) is 13.2. The van der Waals surface area contributed by atoms with Gasteiger partial charge in [-0.25, -0.2) is 0 Å². The molecule has 1 aromatic rings. The van der Waals surface area contributed by atoms with Crippen molar-refractivity contribution in [3.05, 3.63) is 34.3 Å². The van der Waals surface area contributed by atoms with Crippen molar-refractivity contribution in [3.8, 4) is 0 Å². The van der Waals surface area contributed by atoms with Crippen LogP contribution in [0.1, 0.15) is 31.7 Å². The molecule has 1 aliphatic rings. The van der Waals surface area contributed by atoms with E-state index in [2.05, 4.69) is 27.3 Å². The Morgan fingerprint density at radius 1 is 1.47 bits per heavy atom. The van der Waals surface area contributed by atoms with Gasteiger partial charge in [-0.2, -0.15) is 0 Å². The van der Waals surface area contributed by atoms with Crippen molar-refractivity contribution >= 4 is 21.8 Å². The van der Waals surface area contributed by atoms with Gasteiger partial charge in [0.25, 0.3) is 0 Å². The lowest BCUT2D eigenvalue weighted by Gasteiger charge is -2.36. The highest BCUT2D eigenvalue weighted by atomic mass is 79.9. The molecule has 104 valence electrons. The minimum atomic E-state index is -0.390. The second-order valence-electron chi connectivity index (χ2n) is 5.51. The van der Waals surface area contributed by atoms with E-state index in [0.29, 0.717) is 6.54 Å². The molecule has 1 amide bonds. The lowest BCUT2D eigenvalue weighted by atomic mass is 9.89. The topological polar surface area (TPSA) is 32.3 Å². The van der Waals surface area contributed by atoms with Crippen molar-refractivity contribution in [2.24, 2.45) is 0 Å². The average molecular weight is 325 g/mol. The molecule has 0 radical (unpaired) electrons. The summed E-state index contributed by atoms with van der Waals surface area (Å²) < 4.78 is 1.05. The van der Waals surface area contributed by atoms with Crippen molar-refractivity contribution in [1.82, 2.24) is 10.2 Å². The van der Waals surface area contributed by atoms with E-state index >= 15 is 0 Å². The van der Waals surface area contributed by atoms with Gasteiger partial charge in [0.05, 0.1) is 5.54 Å². The predicted octanol–water partition coefficient (Wildman–Crippen LogP) is 2.94. The largest absolute Gasteiger partial charge is 0.340 e. The number of nitrogens with one attached hydrogen (secondary N) is 1. The third-order valence-corrected chi connectivity index (χ3v) is 4.24. The number of carbonyl (C=O) groups excluding carboxylic acids is 1. The summed E-state index contributed by atoms with van der Waals surface area (Å²) in [7, 11) is 1.88. The van der Waals surface area contributed by atoms with Crippen molar-refractivity contribution in [3.63, 3.8) is 0 Å². The fourth-order valence-electron chi connectivity index (χ4n) is 2.64. The predicted molar refractivity (Wildman–Crippen MR) is 80.9 cm³/mol. The van der Waals surface area contributed by atoms with Crippen molar-refractivity contribution < 1.29 is 4.79 Å². The van der Waals surface area contributed by atoms with Crippen LogP contribution in [0.2, 0.25) is 0 Å². The van der Waals surface area contributed by atoms with Crippen LogP contribution < -0.4 is 5.32 Å². The summed E-state index contributed by atoms with van der Waals surface area (Å²) in [6.07, 6.45) is 3.22. The van der Waals surface area contributed by atoms with Crippen molar-refractivity contribution in [2.75, 3.05) is 13.6 Å². The number of halogens is 1. The quantitative estimate of drug-likeness (QED) is 0.927. The normalized spacial score (nSPS) is 23.1. The summed E-state index contributed by atoms with van der Waals surface area (Å²) >= 11 is 3.46. The van der Waals surface area contributed by atoms with Crippen LogP contribution in [-0.2, 0) is 11.3 Å². The van der Waals surface area contributed by atoms with Crippen molar-refractivity contribution in [1.29, 1.82) is 0 Å². The minimum absolute atomic E-state index is 0.187. The number of benzene rings is 1. The van der Waals surface area contributed by atoms with Gasteiger partial charge in [0.1, 0.15) is 0 Å². The van der Waals surface area contributed by atoms with Crippen LogP contribution in [0.4, 0.5) is 0 Å². The van der Waals surface area contributed by atoms with Gasteiger partial charge in [-0.15, -0.1) is 0 Å². The number of nitrogens with zero attached hydrogens (tertiary/aromatic N) is 1. The van der Waals surface area contributed by atoms with Gasteiger partial charge >= 0.3 is 0 Å². The van der Waals surface area contributed by atoms with Gasteiger partial charge < -0.3 is 10.2 Å². The van der Waals surface area contributed by atoms with Crippen LogP contribution in [0.3, 0.4) is 0 Å². The van der Waals surface area contributed by atoms with Gasteiger partial charge in [0.2, 0.25) is 5.91 Å². The number of carbonyl (C=O) groups is 1. The van der Waals surface area contributed by atoms with Gasteiger partial charge in [-0.3, -0.25) is 4.79 Å². The first kappa shape index (κ1) is 14.5. The van der Waals surface area contributed by atoms with Crippen molar-refractivity contribution in [2.45, 2.75) is 38.3 Å². The fourth-order valence-corrected chi connectivity index (χ4v) is 3.09. The highest BCUT2D eigenvalue weighted by molar-refractivity contribution is 9.10. The van der Waals surface area contributed by atoms with Crippen LogP contribution >= 0.6 is 15.9 Å². The van der Waals surface area contributed by atoms with E-state index < -0.39 is 0 Å². The number of hydrogen-bond donors (Lipinski definition) is 1. The molecule has 1 heterocycles. The molecule has 1 atom stereocenters. The summed E-state index contributed by atoms with van der Waals surface area (Å²) in [5, 5.41) is 3.37. The Hall–Kier alpha value is -0.870.